The molecule has 0 amide bonds. The van der Waals surface area contributed by atoms with Crippen molar-refractivity contribution in [3.05, 3.63) is 35.5 Å². The normalized spacial score (nSPS) is 16.6. The molecular weight excluding hydrogens is 231 g/mol. The minimum atomic E-state index is 0. The van der Waals surface area contributed by atoms with Crippen molar-refractivity contribution in [3.8, 4) is 0 Å². The summed E-state index contributed by atoms with van der Waals surface area (Å²) in [6.07, 6.45) is 0. The standard InChI is InChI=1S/C10H14N4O2.Na/c15-11-14(16)13-8-6-12(7-9-13)10-4-2-1-3-5-10;/h1-5,15H,6-9H2;/q;+1. The SMILES string of the molecule is [Na+].[O-][N+](=NO)N1CCN(c2ccccc2)CC1. The first-order valence-corrected chi connectivity index (χ1v) is 5.18. The smallest absolute Gasteiger partial charge is 0.569 e. The summed E-state index contributed by atoms with van der Waals surface area (Å²) in [6, 6.07) is 10.0. The van der Waals surface area contributed by atoms with Gasteiger partial charge in [0.2, 0.25) is 5.28 Å². The molecule has 0 saturated carbocycles. The van der Waals surface area contributed by atoms with Crippen molar-refractivity contribution in [3.63, 3.8) is 0 Å². The largest absolute Gasteiger partial charge is 1.00 e. The fourth-order valence-corrected chi connectivity index (χ4v) is 1.82. The fourth-order valence-electron chi connectivity index (χ4n) is 1.82. The van der Waals surface area contributed by atoms with Crippen LogP contribution < -0.4 is 34.5 Å². The number of benzene rings is 1. The maximum Gasteiger partial charge on any atom is 1.00 e. The molecule has 0 aromatic heterocycles. The van der Waals surface area contributed by atoms with Crippen LogP contribution in [0.1, 0.15) is 0 Å². The maximum atomic E-state index is 11.0. The van der Waals surface area contributed by atoms with Crippen molar-refractivity contribution in [2.24, 2.45) is 5.28 Å². The van der Waals surface area contributed by atoms with Crippen molar-refractivity contribution in [1.82, 2.24) is 5.01 Å². The van der Waals surface area contributed by atoms with Crippen LogP contribution in [0.3, 0.4) is 0 Å². The summed E-state index contributed by atoms with van der Waals surface area (Å²) in [4.78, 5) is 2.43. The van der Waals surface area contributed by atoms with Gasteiger partial charge in [-0.15, -0.1) is 5.01 Å². The molecule has 1 aromatic carbocycles. The number of anilines is 1. The van der Waals surface area contributed by atoms with Gasteiger partial charge in [-0.05, 0) is 12.1 Å². The molecule has 0 atom stereocenters. The van der Waals surface area contributed by atoms with E-state index in [0.717, 1.165) is 18.8 Å². The first-order valence-electron chi connectivity index (χ1n) is 5.18. The third-order valence-electron chi connectivity index (χ3n) is 2.70. The molecule has 1 aromatic rings. The second-order valence-electron chi connectivity index (χ2n) is 3.62. The predicted octanol–water partition coefficient (Wildman–Crippen LogP) is -1.92. The van der Waals surface area contributed by atoms with Crippen LogP contribution in [0.2, 0.25) is 0 Å². The Bertz CT molecular complexity index is 366. The van der Waals surface area contributed by atoms with Crippen molar-refractivity contribution in [1.29, 1.82) is 0 Å². The first kappa shape index (κ1) is 14.1. The van der Waals surface area contributed by atoms with Gasteiger partial charge in [-0.1, -0.05) is 18.2 Å². The van der Waals surface area contributed by atoms with Gasteiger partial charge in [-0.3, -0.25) is 0 Å². The predicted molar refractivity (Wildman–Crippen MR) is 58.1 cm³/mol. The van der Waals surface area contributed by atoms with E-state index in [1.165, 1.54) is 5.01 Å². The minimum Gasteiger partial charge on any atom is -0.569 e. The van der Waals surface area contributed by atoms with E-state index >= 15 is 0 Å². The number of para-hydroxylation sites is 1. The zero-order chi connectivity index (χ0) is 11.4. The number of hydrogen-bond acceptors (Lipinski definition) is 3. The molecule has 1 aliphatic heterocycles. The van der Waals surface area contributed by atoms with E-state index in [0.29, 0.717) is 13.1 Å². The monoisotopic (exact) mass is 245 g/mol. The van der Waals surface area contributed by atoms with Crippen LogP contribution in [-0.4, -0.2) is 41.4 Å². The Kier molecular flexibility index (Phi) is 5.54. The van der Waals surface area contributed by atoms with Gasteiger partial charge in [0.25, 0.3) is 0 Å². The molecule has 0 radical (unpaired) electrons. The molecular formula is C10H14N4NaO2+. The summed E-state index contributed by atoms with van der Waals surface area (Å²) >= 11 is 0. The molecule has 7 heteroatoms. The summed E-state index contributed by atoms with van der Waals surface area (Å²) in [6.45, 7) is 2.61. The third kappa shape index (κ3) is 3.49. The van der Waals surface area contributed by atoms with Crippen LogP contribution in [0.4, 0.5) is 5.69 Å². The van der Waals surface area contributed by atoms with Crippen LogP contribution in [-0.2, 0) is 0 Å². The molecule has 1 heterocycles. The number of nitrogens with zero attached hydrogens (tertiary/aromatic N) is 4. The zero-order valence-electron chi connectivity index (χ0n) is 9.86. The van der Waals surface area contributed by atoms with Gasteiger partial charge in [-0.2, -0.15) is 0 Å². The second kappa shape index (κ2) is 6.68. The van der Waals surface area contributed by atoms with Gasteiger partial charge in [0.15, 0.2) is 0 Å². The Morgan fingerprint density at radius 1 is 1.12 bits per heavy atom. The van der Waals surface area contributed by atoms with Crippen molar-refractivity contribution in [2.75, 3.05) is 31.1 Å². The van der Waals surface area contributed by atoms with Gasteiger partial charge in [0, 0.05) is 18.8 Å². The number of rotatable bonds is 2. The van der Waals surface area contributed by atoms with Crippen LogP contribution in [0.15, 0.2) is 35.6 Å². The van der Waals surface area contributed by atoms with Crippen LogP contribution in [0, 0.1) is 5.21 Å². The van der Waals surface area contributed by atoms with Gasteiger partial charge < -0.3 is 15.3 Å². The van der Waals surface area contributed by atoms with E-state index in [2.05, 4.69) is 10.2 Å². The molecule has 0 bridgehead atoms. The van der Waals surface area contributed by atoms with Gasteiger partial charge in [0.1, 0.15) is 0 Å². The van der Waals surface area contributed by atoms with Crippen LogP contribution in [0.25, 0.3) is 0 Å². The third-order valence-corrected chi connectivity index (χ3v) is 2.70. The molecule has 1 N–H and O–H groups in total. The quantitative estimate of drug-likeness (QED) is 0.285. The van der Waals surface area contributed by atoms with Crippen molar-refractivity contribution in [2.45, 2.75) is 0 Å². The van der Waals surface area contributed by atoms with Gasteiger partial charge in [0.05, 0.1) is 18.1 Å². The van der Waals surface area contributed by atoms with Crippen LogP contribution in [0.5, 0.6) is 0 Å². The molecule has 0 aliphatic carbocycles. The second-order valence-corrected chi connectivity index (χ2v) is 3.62. The maximum absolute atomic E-state index is 11.0. The average Bonchev–Trinajstić information content (AvgIpc) is 2.39. The molecule has 0 unspecified atom stereocenters. The summed E-state index contributed by atoms with van der Waals surface area (Å²) in [5.41, 5.74) is 1.15. The Labute approximate surface area is 122 Å². The molecule has 1 saturated heterocycles. The number of hydrogen-bond donors (Lipinski definition) is 1. The molecule has 17 heavy (non-hydrogen) atoms. The van der Waals surface area contributed by atoms with Crippen molar-refractivity contribution >= 4 is 5.69 Å². The molecule has 86 valence electrons. The summed E-state index contributed by atoms with van der Waals surface area (Å²) < 4.78 is 0. The van der Waals surface area contributed by atoms with E-state index in [4.69, 9.17) is 5.21 Å². The number of piperazine rings is 1. The van der Waals surface area contributed by atoms with E-state index in [9.17, 15) is 5.21 Å². The van der Waals surface area contributed by atoms with Crippen molar-refractivity contribution < 1.29 is 39.7 Å². The fraction of sp³-hybridized carbons (Fsp3) is 0.400. The van der Waals surface area contributed by atoms with Gasteiger partial charge in [-0.25, -0.2) is 0 Å². The molecule has 0 spiro atoms. The molecule has 1 fully saturated rings. The summed E-state index contributed by atoms with van der Waals surface area (Å²) in [5.74, 6) is 0. The minimum absolute atomic E-state index is 0. The van der Waals surface area contributed by atoms with E-state index < -0.39 is 0 Å². The topological polar surface area (TPSA) is 65.1 Å². The van der Waals surface area contributed by atoms with Gasteiger partial charge >= 0.3 is 29.6 Å². The van der Waals surface area contributed by atoms with Crippen LogP contribution >= 0.6 is 0 Å². The number of hydrazine groups is 1. The Morgan fingerprint density at radius 3 is 2.24 bits per heavy atom. The van der Waals surface area contributed by atoms with E-state index in [1.54, 1.807) is 0 Å². The Hall–Kier alpha value is -0.980. The molecule has 6 nitrogen and oxygen atoms in total. The zero-order valence-corrected chi connectivity index (χ0v) is 11.9. The molecule has 2 rings (SSSR count). The van der Waals surface area contributed by atoms with E-state index in [-0.39, 0.29) is 34.5 Å². The van der Waals surface area contributed by atoms with E-state index in [1.807, 2.05) is 30.3 Å². The Morgan fingerprint density at radius 2 is 1.71 bits per heavy atom. The average molecular weight is 245 g/mol. The summed E-state index contributed by atoms with van der Waals surface area (Å²) in [5, 5.41) is 23.4. The first-order chi connectivity index (χ1) is 7.81. The molecule has 1 aliphatic rings. The Balaban J connectivity index is 0.00000144. The summed E-state index contributed by atoms with van der Waals surface area (Å²) in [7, 11) is 0.